The van der Waals surface area contributed by atoms with Crippen molar-refractivity contribution in [3.8, 4) is 0 Å². The molecule has 1 aromatic carbocycles. The van der Waals surface area contributed by atoms with Crippen LogP contribution in [0.15, 0.2) is 52.1 Å². The minimum absolute atomic E-state index is 0.0570. The molecule has 0 saturated heterocycles. The van der Waals surface area contributed by atoms with Crippen LogP contribution in [0, 0.1) is 0 Å². The second-order valence-electron chi connectivity index (χ2n) is 3.38. The van der Waals surface area contributed by atoms with E-state index in [-0.39, 0.29) is 5.78 Å². The van der Waals surface area contributed by atoms with Gasteiger partial charge >= 0.3 is 0 Å². The standard InChI is InChI=1S/C13H11NO2/c1-10(15)11-4-6-12(7-5-11)14-9-13-3-2-8-16-13/h2-9H,1H3. The molecule has 1 aromatic heterocycles. The van der Waals surface area contributed by atoms with Crippen molar-refractivity contribution < 1.29 is 9.21 Å². The molecule has 0 atom stereocenters. The number of Topliss-reactive ketones (excluding diaryl/α,β-unsaturated/α-hetero) is 1. The molecule has 16 heavy (non-hydrogen) atoms. The van der Waals surface area contributed by atoms with E-state index in [1.165, 1.54) is 0 Å². The Balaban J connectivity index is 2.14. The first-order valence-electron chi connectivity index (χ1n) is 4.94. The number of hydrogen-bond acceptors (Lipinski definition) is 3. The van der Waals surface area contributed by atoms with Crippen molar-refractivity contribution in [1.29, 1.82) is 0 Å². The van der Waals surface area contributed by atoms with E-state index in [1.54, 1.807) is 49.7 Å². The van der Waals surface area contributed by atoms with Gasteiger partial charge in [0.1, 0.15) is 5.76 Å². The third kappa shape index (κ3) is 2.45. The molecule has 0 aliphatic rings. The number of carbonyl (C=O) groups excluding carboxylic acids is 1. The summed E-state index contributed by atoms with van der Waals surface area (Å²) in [6.07, 6.45) is 3.24. The van der Waals surface area contributed by atoms with Crippen LogP contribution in [0.1, 0.15) is 23.0 Å². The zero-order chi connectivity index (χ0) is 11.4. The van der Waals surface area contributed by atoms with Crippen LogP contribution >= 0.6 is 0 Å². The van der Waals surface area contributed by atoms with Gasteiger partial charge in [-0.2, -0.15) is 0 Å². The first-order valence-corrected chi connectivity index (χ1v) is 4.94. The summed E-state index contributed by atoms with van der Waals surface area (Å²) in [4.78, 5) is 15.3. The molecule has 0 bridgehead atoms. The lowest BCUT2D eigenvalue weighted by molar-refractivity contribution is 0.101. The molecule has 80 valence electrons. The highest BCUT2D eigenvalue weighted by Crippen LogP contribution is 2.13. The monoisotopic (exact) mass is 213 g/mol. The molecule has 0 aliphatic heterocycles. The number of carbonyl (C=O) groups is 1. The third-order valence-corrected chi connectivity index (χ3v) is 2.16. The van der Waals surface area contributed by atoms with Gasteiger partial charge in [0.15, 0.2) is 5.78 Å². The van der Waals surface area contributed by atoms with Crippen molar-refractivity contribution in [2.45, 2.75) is 6.92 Å². The van der Waals surface area contributed by atoms with Crippen LogP contribution in [0.3, 0.4) is 0 Å². The number of aliphatic imine (C=N–C) groups is 1. The van der Waals surface area contributed by atoms with Gasteiger partial charge < -0.3 is 4.42 Å². The van der Waals surface area contributed by atoms with Crippen molar-refractivity contribution in [1.82, 2.24) is 0 Å². The summed E-state index contributed by atoms with van der Waals surface area (Å²) in [6.45, 7) is 1.54. The van der Waals surface area contributed by atoms with Crippen LogP contribution < -0.4 is 0 Å². The Labute approximate surface area is 93.4 Å². The summed E-state index contributed by atoms with van der Waals surface area (Å²) in [5, 5.41) is 0. The third-order valence-electron chi connectivity index (χ3n) is 2.16. The van der Waals surface area contributed by atoms with Gasteiger partial charge in [-0.3, -0.25) is 9.79 Å². The van der Waals surface area contributed by atoms with E-state index in [9.17, 15) is 4.79 Å². The normalized spacial score (nSPS) is 10.8. The second-order valence-corrected chi connectivity index (χ2v) is 3.38. The summed E-state index contributed by atoms with van der Waals surface area (Å²) in [5.74, 6) is 0.761. The van der Waals surface area contributed by atoms with E-state index < -0.39 is 0 Å². The minimum Gasteiger partial charge on any atom is -0.463 e. The fraction of sp³-hybridized carbons (Fsp3) is 0.0769. The van der Waals surface area contributed by atoms with Gasteiger partial charge in [0, 0.05) is 5.56 Å². The van der Waals surface area contributed by atoms with Crippen molar-refractivity contribution in [2.24, 2.45) is 4.99 Å². The van der Waals surface area contributed by atoms with Gasteiger partial charge in [-0.1, -0.05) is 0 Å². The maximum absolute atomic E-state index is 11.0. The van der Waals surface area contributed by atoms with Crippen molar-refractivity contribution in [3.05, 3.63) is 54.0 Å². The van der Waals surface area contributed by atoms with Gasteiger partial charge in [0.25, 0.3) is 0 Å². The van der Waals surface area contributed by atoms with E-state index in [0.717, 1.165) is 5.69 Å². The molecule has 0 saturated carbocycles. The summed E-state index contributed by atoms with van der Waals surface area (Å²) < 4.78 is 5.11. The van der Waals surface area contributed by atoms with Gasteiger partial charge in [-0.15, -0.1) is 0 Å². The Hall–Kier alpha value is -2.16. The molecule has 2 rings (SSSR count). The first kappa shape index (κ1) is 10.4. The predicted molar refractivity (Wildman–Crippen MR) is 62.4 cm³/mol. The Morgan fingerprint density at radius 2 is 2.00 bits per heavy atom. The average molecular weight is 213 g/mol. The molecule has 0 unspecified atom stereocenters. The van der Waals surface area contributed by atoms with E-state index in [2.05, 4.69) is 4.99 Å². The largest absolute Gasteiger partial charge is 0.463 e. The molecule has 0 radical (unpaired) electrons. The van der Waals surface area contributed by atoms with E-state index in [0.29, 0.717) is 11.3 Å². The number of rotatable bonds is 3. The first-order chi connectivity index (χ1) is 7.75. The molecular formula is C13H11NO2. The average Bonchev–Trinajstić information content (AvgIpc) is 2.80. The summed E-state index contributed by atoms with van der Waals surface area (Å²) in [6, 6.07) is 10.8. The Morgan fingerprint density at radius 3 is 2.56 bits per heavy atom. The highest BCUT2D eigenvalue weighted by atomic mass is 16.3. The van der Waals surface area contributed by atoms with Crippen LogP contribution in [0.5, 0.6) is 0 Å². The van der Waals surface area contributed by atoms with E-state index >= 15 is 0 Å². The molecule has 3 heteroatoms. The van der Waals surface area contributed by atoms with Crippen LogP contribution in [0.25, 0.3) is 0 Å². The minimum atomic E-state index is 0.0570. The number of nitrogens with zero attached hydrogens (tertiary/aromatic N) is 1. The topological polar surface area (TPSA) is 42.6 Å². The maximum atomic E-state index is 11.0. The van der Waals surface area contributed by atoms with Crippen molar-refractivity contribution >= 4 is 17.7 Å². The number of benzene rings is 1. The Morgan fingerprint density at radius 1 is 1.25 bits per heavy atom. The van der Waals surface area contributed by atoms with Crippen LogP contribution in [0.2, 0.25) is 0 Å². The quantitative estimate of drug-likeness (QED) is 0.580. The number of hydrogen-bond donors (Lipinski definition) is 0. The molecule has 1 heterocycles. The molecule has 0 amide bonds. The van der Waals surface area contributed by atoms with Gasteiger partial charge in [0.2, 0.25) is 0 Å². The van der Waals surface area contributed by atoms with Crippen LogP contribution in [-0.4, -0.2) is 12.0 Å². The molecule has 0 aliphatic carbocycles. The smallest absolute Gasteiger partial charge is 0.159 e. The van der Waals surface area contributed by atoms with Crippen molar-refractivity contribution in [3.63, 3.8) is 0 Å². The highest BCUT2D eigenvalue weighted by Gasteiger charge is 1.97. The van der Waals surface area contributed by atoms with Gasteiger partial charge in [-0.25, -0.2) is 0 Å². The fourth-order valence-electron chi connectivity index (χ4n) is 1.29. The van der Waals surface area contributed by atoms with E-state index in [4.69, 9.17) is 4.42 Å². The second kappa shape index (κ2) is 4.57. The number of ketones is 1. The van der Waals surface area contributed by atoms with Gasteiger partial charge in [-0.05, 0) is 43.3 Å². The summed E-state index contributed by atoms with van der Waals surface area (Å²) >= 11 is 0. The SMILES string of the molecule is CC(=O)c1ccc(N=Cc2ccco2)cc1. The maximum Gasteiger partial charge on any atom is 0.159 e. The Kier molecular flexibility index (Phi) is 2.96. The zero-order valence-electron chi connectivity index (χ0n) is 8.88. The molecule has 3 nitrogen and oxygen atoms in total. The molecular weight excluding hydrogens is 202 g/mol. The molecule has 0 fully saturated rings. The molecule has 0 spiro atoms. The lowest BCUT2D eigenvalue weighted by atomic mass is 10.1. The van der Waals surface area contributed by atoms with Crippen LogP contribution in [-0.2, 0) is 0 Å². The summed E-state index contributed by atoms with van der Waals surface area (Å²) in [5.41, 5.74) is 1.48. The molecule has 0 N–H and O–H groups in total. The fourth-order valence-corrected chi connectivity index (χ4v) is 1.29. The van der Waals surface area contributed by atoms with Gasteiger partial charge in [0.05, 0.1) is 18.2 Å². The lowest BCUT2D eigenvalue weighted by Gasteiger charge is -1.95. The number of furan rings is 1. The summed E-state index contributed by atoms with van der Waals surface area (Å²) in [7, 11) is 0. The van der Waals surface area contributed by atoms with Crippen molar-refractivity contribution in [2.75, 3.05) is 0 Å². The van der Waals surface area contributed by atoms with E-state index in [1.807, 2.05) is 6.07 Å². The predicted octanol–water partition coefficient (Wildman–Crippen LogP) is 3.23. The lowest BCUT2D eigenvalue weighted by Crippen LogP contribution is -1.89. The highest BCUT2D eigenvalue weighted by molar-refractivity contribution is 5.94. The van der Waals surface area contributed by atoms with Crippen LogP contribution in [0.4, 0.5) is 5.69 Å². The molecule has 2 aromatic rings. The Bertz CT molecular complexity index is 495. The zero-order valence-corrected chi connectivity index (χ0v) is 8.88.